The molecular weight excluding hydrogens is 278 g/mol. The van der Waals surface area contributed by atoms with Crippen LogP contribution in [0.25, 0.3) is 0 Å². The van der Waals surface area contributed by atoms with Gasteiger partial charge in [0.05, 0.1) is 17.5 Å². The molecule has 1 aromatic carbocycles. The first-order chi connectivity index (χ1) is 9.58. The van der Waals surface area contributed by atoms with Gasteiger partial charge in [-0.2, -0.15) is 0 Å². The van der Waals surface area contributed by atoms with Crippen LogP contribution in [0, 0.1) is 23.7 Å². The molecule has 4 nitrogen and oxygen atoms in total. The van der Waals surface area contributed by atoms with Gasteiger partial charge in [-0.1, -0.05) is 11.6 Å². The first-order valence-corrected chi connectivity index (χ1v) is 7.32. The van der Waals surface area contributed by atoms with Crippen LogP contribution in [0.2, 0.25) is 5.02 Å². The van der Waals surface area contributed by atoms with E-state index in [1.165, 1.54) is 17.0 Å². The van der Waals surface area contributed by atoms with Gasteiger partial charge < -0.3 is 5.11 Å². The predicted molar refractivity (Wildman–Crippen MR) is 73.4 cm³/mol. The number of nitrogens with zero attached hydrogens (tertiary/aromatic N) is 1. The third-order valence-electron chi connectivity index (χ3n) is 5.11. The van der Waals surface area contributed by atoms with Crippen LogP contribution in [-0.4, -0.2) is 16.9 Å². The van der Waals surface area contributed by atoms with Crippen molar-refractivity contribution in [1.82, 2.24) is 0 Å². The maximum Gasteiger partial charge on any atom is 0.238 e. The number of rotatable bonds is 1. The van der Waals surface area contributed by atoms with E-state index >= 15 is 0 Å². The summed E-state index contributed by atoms with van der Waals surface area (Å²) in [6, 6.07) is 4.48. The number of hydrogen-bond donors (Lipinski definition) is 1. The maximum atomic E-state index is 12.6. The Labute approximate surface area is 121 Å². The Kier molecular flexibility index (Phi) is 2.43. The molecule has 20 heavy (non-hydrogen) atoms. The summed E-state index contributed by atoms with van der Waals surface area (Å²) < 4.78 is 0. The van der Waals surface area contributed by atoms with Gasteiger partial charge in [0, 0.05) is 11.1 Å². The van der Waals surface area contributed by atoms with Crippen molar-refractivity contribution in [3.63, 3.8) is 0 Å². The SMILES string of the molecule is O=C1[C@H]2[C@@H]3CC[C@@H](C3)[C@@H]2C(=O)N1c1ccc(Cl)cc1O. The van der Waals surface area contributed by atoms with Gasteiger partial charge in [0.1, 0.15) is 5.75 Å². The second kappa shape index (κ2) is 3.98. The third kappa shape index (κ3) is 1.43. The number of aromatic hydroxyl groups is 1. The van der Waals surface area contributed by atoms with E-state index in [-0.39, 0.29) is 35.1 Å². The highest BCUT2D eigenvalue weighted by Crippen LogP contribution is 2.57. The molecule has 4 atom stereocenters. The number of phenols is 1. The van der Waals surface area contributed by atoms with Gasteiger partial charge >= 0.3 is 0 Å². The Balaban J connectivity index is 1.77. The van der Waals surface area contributed by atoms with Crippen LogP contribution >= 0.6 is 11.6 Å². The summed E-state index contributed by atoms with van der Waals surface area (Å²) in [6.45, 7) is 0. The smallest absolute Gasteiger partial charge is 0.238 e. The maximum absolute atomic E-state index is 12.6. The fourth-order valence-electron chi connectivity index (χ4n) is 4.33. The van der Waals surface area contributed by atoms with Crippen LogP contribution in [0.3, 0.4) is 0 Å². The average Bonchev–Trinajstić information content (AvgIpc) is 3.06. The van der Waals surface area contributed by atoms with Crippen molar-refractivity contribution in [2.45, 2.75) is 19.3 Å². The molecule has 1 heterocycles. The molecule has 1 aliphatic heterocycles. The van der Waals surface area contributed by atoms with E-state index in [0.29, 0.717) is 16.9 Å². The third-order valence-corrected chi connectivity index (χ3v) is 5.34. The lowest BCUT2D eigenvalue weighted by Gasteiger charge is -2.19. The van der Waals surface area contributed by atoms with Crippen molar-refractivity contribution in [3.05, 3.63) is 23.2 Å². The van der Waals surface area contributed by atoms with Crippen molar-refractivity contribution in [2.24, 2.45) is 23.7 Å². The first kappa shape index (κ1) is 12.2. The molecule has 3 fully saturated rings. The lowest BCUT2D eigenvalue weighted by atomic mass is 9.81. The summed E-state index contributed by atoms with van der Waals surface area (Å²) in [5, 5.41) is 10.3. The van der Waals surface area contributed by atoms with Crippen LogP contribution in [-0.2, 0) is 9.59 Å². The number of benzene rings is 1. The average molecular weight is 292 g/mol. The van der Waals surface area contributed by atoms with E-state index in [9.17, 15) is 14.7 Å². The lowest BCUT2D eigenvalue weighted by Crippen LogP contribution is -2.32. The van der Waals surface area contributed by atoms with Gasteiger partial charge in [-0.05, 0) is 43.2 Å². The molecule has 1 saturated heterocycles. The predicted octanol–water partition coefficient (Wildman–Crippen LogP) is 2.58. The Hall–Kier alpha value is -1.55. The van der Waals surface area contributed by atoms with Crippen LogP contribution in [0.1, 0.15) is 19.3 Å². The Morgan fingerprint density at radius 2 is 1.70 bits per heavy atom. The van der Waals surface area contributed by atoms with E-state index < -0.39 is 0 Å². The molecule has 4 rings (SSSR count). The van der Waals surface area contributed by atoms with Gasteiger partial charge in [0.2, 0.25) is 11.8 Å². The monoisotopic (exact) mass is 291 g/mol. The van der Waals surface area contributed by atoms with E-state index in [2.05, 4.69) is 0 Å². The van der Waals surface area contributed by atoms with Crippen LogP contribution in [0.5, 0.6) is 5.75 Å². The van der Waals surface area contributed by atoms with E-state index in [4.69, 9.17) is 11.6 Å². The number of carbonyl (C=O) groups excluding carboxylic acids is 2. The number of fused-ring (bicyclic) bond motifs is 5. The largest absolute Gasteiger partial charge is 0.506 e. The van der Waals surface area contributed by atoms with E-state index in [1.807, 2.05) is 0 Å². The minimum atomic E-state index is -0.170. The molecule has 0 aromatic heterocycles. The molecule has 104 valence electrons. The van der Waals surface area contributed by atoms with Crippen LogP contribution in [0.15, 0.2) is 18.2 Å². The van der Waals surface area contributed by atoms with Gasteiger partial charge in [0.15, 0.2) is 0 Å². The zero-order chi connectivity index (χ0) is 14.0. The van der Waals surface area contributed by atoms with Gasteiger partial charge in [-0.3, -0.25) is 9.59 Å². The summed E-state index contributed by atoms with van der Waals surface area (Å²) in [7, 11) is 0. The topological polar surface area (TPSA) is 57.6 Å². The Bertz CT molecular complexity index is 602. The Morgan fingerprint density at radius 1 is 1.10 bits per heavy atom. The highest BCUT2D eigenvalue weighted by molar-refractivity contribution is 6.31. The summed E-state index contributed by atoms with van der Waals surface area (Å²) in [5.74, 6) is -0.0596. The molecule has 0 spiro atoms. The lowest BCUT2D eigenvalue weighted by molar-refractivity contribution is -0.123. The molecule has 0 unspecified atom stereocenters. The zero-order valence-corrected chi connectivity index (χ0v) is 11.5. The summed E-state index contributed by atoms with van der Waals surface area (Å²) in [6.07, 6.45) is 3.10. The second-order valence-corrected chi connectivity index (χ2v) is 6.47. The quantitative estimate of drug-likeness (QED) is 0.809. The van der Waals surface area contributed by atoms with Gasteiger partial charge in [-0.25, -0.2) is 4.90 Å². The number of halogens is 1. The number of phenolic OH excluding ortho intramolecular Hbond substituents is 1. The van der Waals surface area contributed by atoms with Gasteiger partial charge in [-0.15, -0.1) is 0 Å². The number of hydrogen-bond acceptors (Lipinski definition) is 3. The molecule has 3 aliphatic rings. The minimum Gasteiger partial charge on any atom is -0.506 e. The highest BCUT2D eigenvalue weighted by Gasteiger charge is 2.61. The van der Waals surface area contributed by atoms with E-state index in [0.717, 1.165) is 19.3 Å². The minimum absolute atomic E-state index is 0.119. The molecule has 2 saturated carbocycles. The first-order valence-electron chi connectivity index (χ1n) is 6.94. The summed E-state index contributed by atoms with van der Waals surface area (Å²) in [5.41, 5.74) is 0.262. The molecule has 1 N–H and O–H groups in total. The van der Waals surface area contributed by atoms with Crippen molar-refractivity contribution in [3.8, 4) is 5.75 Å². The van der Waals surface area contributed by atoms with Crippen molar-refractivity contribution in [2.75, 3.05) is 4.90 Å². The number of anilines is 1. The molecule has 0 radical (unpaired) electrons. The van der Waals surface area contributed by atoms with Crippen LogP contribution in [0.4, 0.5) is 5.69 Å². The number of carbonyl (C=O) groups is 2. The number of imide groups is 1. The second-order valence-electron chi connectivity index (χ2n) is 6.03. The molecular formula is C15H14ClNO3. The molecule has 2 aliphatic carbocycles. The molecule has 2 amide bonds. The summed E-state index contributed by atoms with van der Waals surface area (Å²) in [4.78, 5) is 26.3. The molecule has 2 bridgehead atoms. The van der Waals surface area contributed by atoms with E-state index in [1.54, 1.807) is 6.07 Å². The number of amides is 2. The zero-order valence-electron chi connectivity index (χ0n) is 10.8. The molecule has 5 heteroatoms. The fraction of sp³-hybridized carbons (Fsp3) is 0.467. The van der Waals surface area contributed by atoms with Crippen molar-refractivity contribution in [1.29, 1.82) is 0 Å². The highest BCUT2D eigenvalue weighted by atomic mass is 35.5. The fourth-order valence-corrected chi connectivity index (χ4v) is 4.50. The standard InChI is InChI=1S/C15H14ClNO3/c16-9-3-4-10(11(18)6-9)17-14(19)12-7-1-2-8(5-7)13(12)15(17)20/h3-4,6-8,12-13,18H,1-2,5H2/t7-,8+,12-,13-/m0/s1. The van der Waals surface area contributed by atoms with Crippen molar-refractivity contribution >= 4 is 29.1 Å². The summed E-state index contributed by atoms with van der Waals surface area (Å²) >= 11 is 5.80. The normalized spacial score (nSPS) is 35.0. The van der Waals surface area contributed by atoms with Crippen LogP contribution < -0.4 is 4.90 Å². The molecule has 1 aromatic rings. The van der Waals surface area contributed by atoms with Crippen molar-refractivity contribution < 1.29 is 14.7 Å². The Morgan fingerprint density at radius 3 is 2.25 bits per heavy atom. The van der Waals surface area contributed by atoms with Gasteiger partial charge in [0.25, 0.3) is 0 Å².